The first-order chi connectivity index (χ1) is 9.32. The van der Waals surface area contributed by atoms with Crippen molar-refractivity contribution < 1.29 is 13.2 Å². The summed E-state index contributed by atoms with van der Waals surface area (Å²) in [6.07, 6.45) is -3.40. The highest BCUT2D eigenvalue weighted by atomic mass is 35.5. The number of benzene rings is 1. The minimum Gasteiger partial charge on any atom is -0.370 e. The van der Waals surface area contributed by atoms with Gasteiger partial charge in [0.05, 0.1) is 16.3 Å². The van der Waals surface area contributed by atoms with Crippen LogP contribution in [-0.4, -0.2) is 26.2 Å². The highest BCUT2D eigenvalue weighted by Gasteiger charge is 2.32. The second kappa shape index (κ2) is 5.82. The molecule has 0 saturated carbocycles. The molecule has 0 spiro atoms. The van der Waals surface area contributed by atoms with Crippen LogP contribution in [0.4, 0.5) is 18.9 Å². The molecule has 6 heteroatoms. The minimum absolute atomic E-state index is 0.162. The maximum Gasteiger partial charge on any atom is 0.416 e. The normalized spacial score (nSPS) is 24.0. The molecule has 0 aliphatic carbocycles. The number of halogens is 4. The molecule has 2 atom stereocenters. The second-order valence-electron chi connectivity index (χ2n) is 5.27. The van der Waals surface area contributed by atoms with Crippen LogP contribution in [0, 0.1) is 5.92 Å². The lowest BCUT2D eigenvalue weighted by Crippen LogP contribution is -2.47. The van der Waals surface area contributed by atoms with Crippen LogP contribution in [0.2, 0.25) is 5.02 Å². The Kier molecular flexibility index (Phi) is 4.49. The summed E-state index contributed by atoms with van der Waals surface area (Å²) in [6.45, 7) is 3.71. The van der Waals surface area contributed by atoms with E-state index < -0.39 is 11.7 Å². The number of hydrogen-bond acceptors (Lipinski definition) is 2. The molecular formula is C14H18ClF3N2. The van der Waals surface area contributed by atoms with Crippen molar-refractivity contribution in [2.45, 2.75) is 25.6 Å². The Balaban J connectivity index is 2.18. The van der Waals surface area contributed by atoms with Gasteiger partial charge in [0, 0.05) is 19.1 Å². The van der Waals surface area contributed by atoms with Gasteiger partial charge in [-0.2, -0.15) is 13.2 Å². The van der Waals surface area contributed by atoms with E-state index in [1.165, 1.54) is 6.07 Å². The Morgan fingerprint density at radius 3 is 2.55 bits per heavy atom. The quantitative estimate of drug-likeness (QED) is 0.894. The predicted octanol–water partition coefficient (Wildman–Crippen LogP) is 3.79. The van der Waals surface area contributed by atoms with E-state index in [1.807, 2.05) is 7.05 Å². The Morgan fingerprint density at radius 1 is 1.35 bits per heavy atom. The minimum atomic E-state index is -4.35. The number of nitrogens with zero attached hydrogens (tertiary/aromatic N) is 1. The van der Waals surface area contributed by atoms with Crippen LogP contribution in [0.25, 0.3) is 0 Å². The molecule has 1 fully saturated rings. The van der Waals surface area contributed by atoms with Crippen LogP contribution in [0.5, 0.6) is 0 Å². The zero-order valence-corrected chi connectivity index (χ0v) is 12.2. The van der Waals surface area contributed by atoms with Crippen molar-refractivity contribution in [3.8, 4) is 0 Å². The molecular weight excluding hydrogens is 289 g/mol. The molecule has 0 aromatic heterocycles. The maximum absolute atomic E-state index is 12.6. The van der Waals surface area contributed by atoms with E-state index in [0.29, 0.717) is 17.6 Å². The molecule has 0 amide bonds. The topological polar surface area (TPSA) is 15.3 Å². The smallest absolute Gasteiger partial charge is 0.370 e. The summed E-state index contributed by atoms with van der Waals surface area (Å²) >= 11 is 6.03. The van der Waals surface area contributed by atoms with Gasteiger partial charge in [0.1, 0.15) is 0 Å². The van der Waals surface area contributed by atoms with Gasteiger partial charge in [-0.1, -0.05) is 18.5 Å². The lowest BCUT2D eigenvalue weighted by molar-refractivity contribution is -0.137. The van der Waals surface area contributed by atoms with Gasteiger partial charge in [0.25, 0.3) is 0 Å². The van der Waals surface area contributed by atoms with Gasteiger partial charge < -0.3 is 10.2 Å². The molecule has 20 heavy (non-hydrogen) atoms. The lowest BCUT2D eigenvalue weighted by atomic mass is 9.93. The molecule has 1 N–H and O–H groups in total. The number of alkyl halides is 3. The van der Waals surface area contributed by atoms with E-state index in [2.05, 4.69) is 17.1 Å². The van der Waals surface area contributed by atoms with Crippen molar-refractivity contribution >= 4 is 17.3 Å². The Morgan fingerprint density at radius 2 is 2.05 bits per heavy atom. The predicted molar refractivity (Wildman–Crippen MR) is 75.3 cm³/mol. The van der Waals surface area contributed by atoms with Crippen LogP contribution in [0.3, 0.4) is 0 Å². The van der Waals surface area contributed by atoms with Crippen LogP contribution in [0.15, 0.2) is 18.2 Å². The SMILES string of the molecule is CNC1CCN(c2ccc(C(F)(F)F)cc2Cl)CC1C. The molecule has 1 aliphatic rings. The molecule has 2 nitrogen and oxygen atoms in total. The van der Waals surface area contributed by atoms with Gasteiger partial charge in [-0.05, 0) is 37.6 Å². The second-order valence-corrected chi connectivity index (χ2v) is 5.68. The Hall–Kier alpha value is -0.940. The molecule has 1 aromatic carbocycles. The van der Waals surface area contributed by atoms with Crippen LogP contribution in [-0.2, 0) is 6.18 Å². The highest BCUT2D eigenvalue weighted by Crippen LogP contribution is 2.36. The Bertz CT molecular complexity index is 476. The molecule has 1 aromatic rings. The summed E-state index contributed by atoms with van der Waals surface area (Å²) in [6, 6.07) is 4.01. The molecule has 1 saturated heterocycles. The molecule has 2 rings (SSSR count). The lowest BCUT2D eigenvalue weighted by Gasteiger charge is -2.38. The monoisotopic (exact) mass is 306 g/mol. The van der Waals surface area contributed by atoms with Gasteiger partial charge in [-0.15, -0.1) is 0 Å². The summed E-state index contributed by atoms with van der Waals surface area (Å²) in [4.78, 5) is 2.06. The number of nitrogens with one attached hydrogen (secondary N) is 1. The van der Waals surface area contributed by atoms with Crippen molar-refractivity contribution in [3.63, 3.8) is 0 Å². The van der Waals surface area contributed by atoms with Crippen molar-refractivity contribution in [2.75, 3.05) is 25.0 Å². The first kappa shape index (κ1) is 15.4. The largest absolute Gasteiger partial charge is 0.416 e. The van der Waals surface area contributed by atoms with Gasteiger partial charge in [0.15, 0.2) is 0 Å². The van der Waals surface area contributed by atoms with Crippen LogP contribution < -0.4 is 10.2 Å². The standard InChI is InChI=1S/C14H18ClF3N2/c1-9-8-20(6-5-12(9)19-2)13-4-3-10(7-11(13)15)14(16,17)18/h3-4,7,9,12,19H,5-6,8H2,1-2H3. The third-order valence-corrected chi connectivity index (χ3v) is 4.19. The highest BCUT2D eigenvalue weighted by molar-refractivity contribution is 6.33. The first-order valence-electron chi connectivity index (χ1n) is 6.62. The molecule has 1 heterocycles. The van der Waals surface area contributed by atoms with Gasteiger partial charge >= 0.3 is 6.18 Å². The van der Waals surface area contributed by atoms with E-state index in [1.54, 1.807) is 0 Å². The van der Waals surface area contributed by atoms with Gasteiger partial charge in [-0.25, -0.2) is 0 Å². The van der Waals surface area contributed by atoms with Crippen LogP contribution >= 0.6 is 11.6 Å². The first-order valence-corrected chi connectivity index (χ1v) is 6.99. The number of anilines is 1. The zero-order valence-electron chi connectivity index (χ0n) is 11.5. The van der Waals surface area contributed by atoms with Crippen molar-refractivity contribution in [1.82, 2.24) is 5.32 Å². The Labute approximate surface area is 121 Å². The third kappa shape index (κ3) is 3.20. The average molecular weight is 307 g/mol. The summed E-state index contributed by atoms with van der Waals surface area (Å²) in [5.74, 6) is 0.423. The summed E-state index contributed by atoms with van der Waals surface area (Å²) in [7, 11) is 1.93. The van der Waals surface area contributed by atoms with E-state index in [9.17, 15) is 13.2 Å². The number of piperidine rings is 1. The fraction of sp³-hybridized carbons (Fsp3) is 0.571. The molecule has 112 valence electrons. The van der Waals surface area contributed by atoms with Gasteiger partial charge in [-0.3, -0.25) is 0 Å². The zero-order chi connectivity index (χ0) is 14.9. The van der Waals surface area contributed by atoms with E-state index >= 15 is 0 Å². The fourth-order valence-electron chi connectivity index (χ4n) is 2.73. The van der Waals surface area contributed by atoms with E-state index in [0.717, 1.165) is 31.6 Å². The number of rotatable bonds is 2. The summed E-state index contributed by atoms with van der Waals surface area (Å²) in [5, 5.41) is 3.42. The summed E-state index contributed by atoms with van der Waals surface area (Å²) < 4.78 is 37.9. The molecule has 0 radical (unpaired) electrons. The van der Waals surface area contributed by atoms with E-state index in [-0.39, 0.29) is 5.02 Å². The van der Waals surface area contributed by atoms with Crippen LogP contribution in [0.1, 0.15) is 18.9 Å². The fourth-order valence-corrected chi connectivity index (χ4v) is 3.03. The van der Waals surface area contributed by atoms with E-state index in [4.69, 9.17) is 11.6 Å². The molecule has 2 unspecified atom stereocenters. The van der Waals surface area contributed by atoms with Crippen molar-refractivity contribution in [2.24, 2.45) is 5.92 Å². The third-order valence-electron chi connectivity index (χ3n) is 3.89. The number of hydrogen-bond donors (Lipinski definition) is 1. The molecule has 0 bridgehead atoms. The van der Waals surface area contributed by atoms with Crippen molar-refractivity contribution in [3.05, 3.63) is 28.8 Å². The molecule has 1 aliphatic heterocycles. The summed E-state index contributed by atoms with van der Waals surface area (Å²) in [5.41, 5.74) is -0.0227. The van der Waals surface area contributed by atoms with Crippen molar-refractivity contribution in [1.29, 1.82) is 0 Å². The maximum atomic E-state index is 12.6. The van der Waals surface area contributed by atoms with Gasteiger partial charge in [0.2, 0.25) is 0 Å². The average Bonchev–Trinajstić information content (AvgIpc) is 2.37.